The highest BCUT2D eigenvalue weighted by Gasteiger charge is 2.50. The molecule has 0 unspecified atom stereocenters. The Bertz CT molecular complexity index is 3380. The summed E-state index contributed by atoms with van der Waals surface area (Å²) in [6, 6.07) is 0. The van der Waals surface area contributed by atoms with Gasteiger partial charge < -0.3 is 0 Å². The molecule has 708 valence electrons. The molecule has 8 aliphatic rings. The summed E-state index contributed by atoms with van der Waals surface area (Å²) < 4.78 is 0. The minimum absolute atomic E-state index is 0.0139. The fourth-order valence-electron chi connectivity index (χ4n) is 20.8. The molecule has 0 radical (unpaired) electrons. The fraction of sp³-hybridized carbons (Fsp3) is 0.872. The van der Waals surface area contributed by atoms with E-state index < -0.39 is 5.41 Å². The second kappa shape index (κ2) is 47.8. The first-order valence-corrected chi connectivity index (χ1v) is 49.3. The fourth-order valence-corrected chi connectivity index (χ4v) is 20.8. The van der Waals surface area contributed by atoms with Crippen LogP contribution in [0, 0.1) is 111 Å². The molecule has 8 rings (SSSR count). The molecule has 4 spiro atoms. The molecule has 8 saturated carbocycles. The zero-order chi connectivity index (χ0) is 95.0. The Kier molecular flexibility index (Phi) is 44.5. The third-order valence-corrected chi connectivity index (χ3v) is 30.1. The summed E-state index contributed by atoms with van der Waals surface area (Å²) in [6.07, 6.45) is 43.5. The van der Waals surface area contributed by atoms with Crippen molar-refractivity contribution in [1.29, 1.82) is 0 Å². The van der Waals surface area contributed by atoms with Gasteiger partial charge in [0.05, 0.1) is 44.9 Å². The van der Waals surface area contributed by atoms with Crippen molar-refractivity contribution in [3.63, 3.8) is 0 Å². The highest BCUT2D eigenvalue weighted by molar-refractivity contribution is 6.06. The first-order valence-electron chi connectivity index (χ1n) is 49.3. The van der Waals surface area contributed by atoms with Crippen molar-refractivity contribution < 1.29 is 67.1 Å². The second-order valence-electron chi connectivity index (χ2n) is 50.4. The number of hydrogen-bond donors (Lipinski definition) is 0. The lowest BCUT2D eigenvalue weighted by molar-refractivity contribution is -0.136. The van der Waals surface area contributed by atoms with Crippen LogP contribution in [-0.4, -0.2) is 81.0 Å². The van der Waals surface area contributed by atoms with E-state index in [1.54, 1.807) is 0 Å². The maximum absolute atomic E-state index is 12.6. The van der Waals surface area contributed by atoms with E-state index in [1.807, 2.05) is 173 Å². The first kappa shape index (κ1) is 114. The monoisotopic (exact) mass is 1720 g/mol. The molecule has 0 aliphatic heterocycles. The largest absolute Gasteiger partial charge is 0.300 e. The van der Waals surface area contributed by atoms with Gasteiger partial charge in [0.1, 0.15) is 81.0 Å². The van der Waals surface area contributed by atoms with E-state index in [2.05, 4.69) is 41.5 Å². The normalized spacial score (nSPS) is 20.8. The number of rotatable bonds is 24. The van der Waals surface area contributed by atoms with Crippen LogP contribution in [0.15, 0.2) is 0 Å². The third-order valence-electron chi connectivity index (χ3n) is 30.1. The van der Waals surface area contributed by atoms with Gasteiger partial charge in [0.25, 0.3) is 0 Å². The van der Waals surface area contributed by atoms with Crippen LogP contribution in [0.2, 0.25) is 0 Å². The summed E-state index contributed by atoms with van der Waals surface area (Å²) in [5, 5.41) is 0. The molecular weight excluding hydrogens is 1530 g/mol. The SMILES string of the molecule is CC(=O)CC(=O)C(C)(C)C.CC(C)(C)C(=O)CC(=O)C1CCC2(CCCC2)CC1.CC(C)(C)C(=O)CC(=O)C1CCC2(CCCCC2)CC1.CC1(C)CC(C)(C)CC2(CCC(C(=O)CC(=O)C(C)(C)C)CC2)C1.CC1(C)CCC2(CCC(C(=O)CC(=O)C(C)(C)C)CC2)CC1.CCC(CC)C(=O)CC(=O)C(C)(C)C.CCC(CC)C(=O)CC(=O)C(C)(C)C. The van der Waals surface area contributed by atoms with Gasteiger partial charge in [-0.15, -0.1) is 0 Å². The van der Waals surface area contributed by atoms with Crippen LogP contribution in [0.3, 0.4) is 0 Å². The number of hydrogen-bond acceptors (Lipinski definition) is 14. The average Bonchev–Trinajstić information content (AvgIpc) is 1.48. The van der Waals surface area contributed by atoms with Gasteiger partial charge in [0.2, 0.25) is 0 Å². The lowest BCUT2D eigenvalue weighted by Crippen LogP contribution is -2.44. The summed E-state index contributed by atoms with van der Waals surface area (Å²) in [7, 11) is 0. The van der Waals surface area contributed by atoms with Crippen molar-refractivity contribution in [3.05, 3.63) is 0 Å². The van der Waals surface area contributed by atoms with E-state index in [9.17, 15) is 67.1 Å². The van der Waals surface area contributed by atoms with Gasteiger partial charge in [0, 0.05) is 73.4 Å². The summed E-state index contributed by atoms with van der Waals surface area (Å²) >= 11 is 0. The molecule has 0 aromatic carbocycles. The molecule has 8 aliphatic carbocycles. The minimum Gasteiger partial charge on any atom is -0.300 e. The van der Waals surface area contributed by atoms with Crippen LogP contribution in [0.25, 0.3) is 0 Å². The van der Waals surface area contributed by atoms with Gasteiger partial charge in [-0.1, -0.05) is 247 Å². The number of ketones is 14. The van der Waals surface area contributed by atoms with Crippen molar-refractivity contribution in [2.75, 3.05) is 0 Å². The Hall–Kier alpha value is -4.62. The van der Waals surface area contributed by atoms with Gasteiger partial charge in [-0.25, -0.2) is 0 Å². The van der Waals surface area contributed by atoms with E-state index >= 15 is 0 Å². The molecule has 0 aromatic rings. The van der Waals surface area contributed by atoms with Crippen molar-refractivity contribution in [2.45, 2.75) is 498 Å². The Morgan fingerprint density at radius 3 is 0.634 bits per heavy atom. The summed E-state index contributed by atoms with van der Waals surface area (Å²) in [4.78, 5) is 166. The molecule has 123 heavy (non-hydrogen) atoms. The molecule has 0 saturated heterocycles. The van der Waals surface area contributed by atoms with E-state index in [0.29, 0.717) is 37.9 Å². The molecule has 0 N–H and O–H groups in total. The van der Waals surface area contributed by atoms with Crippen molar-refractivity contribution in [3.8, 4) is 0 Å². The van der Waals surface area contributed by atoms with Crippen LogP contribution in [0.1, 0.15) is 498 Å². The van der Waals surface area contributed by atoms with Crippen molar-refractivity contribution >= 4 is 81.0 Å². The quantitative estimate of drug-likeness (QED) is 0.0817. The topological polar surface area (TPSA) is 239 Å². The van der Waals surface area contributed by atoms with Gasteiger partial charge in [-0.2, -0.15) is 0 Å². The van der Waals surface area contributed by atoms with E-state index in [1.165, 1.54) is 161 Å². The maximum atomic E-state index is 12.6. The van der Waals surface area contributed by atoms with Crippen molar-refractivity contribution in [1.82, 2.24) is 0 Å². The molecular formula is C109H188O14. The van der Waals surface area contributed by atoms with Crippen LogP contribution < -0.4 is 0 Å². The average molecular weight is 1720 g/mol. The Morgan fingerprint density at radius 1 is 0.236 bits per heavy atom. The van der Waals surface area contributed by atoms with E-state index in [0.717, 1.165) is 77.0 Å². The number of carbonyl (C=O) groups excluding carboxylic acids is 14. The third kappa shape index (κ3) is 40.5. The lowest BCUT2D eigenvalue weighted by Gasteiger charge is -2.54. The molecule has 0 atom stereocenters. The predicted octanol–water partition coefficient (Wildman–Crippen LogP) is 27.9. The Morgan fingerprint density at radius 2 is 0.431 bits per heavy atom. The molecule has 0 aromatic heterocycles. The summed E-state index contributed by atoms with van der Waals surface area (Å²) in [6.45, 7) is 63.3. The highest BCUT2D eigenvalue weighted by Crippen LogP contribution is 2.61. The van der Waals surface area contributed by atoms with Gasteiger partial charge in [0.15, 0.2) is 0 Å². The zero-order valence-corrected chi connectivity index (χ0v) is 85.6. The zero-order valence-electron chi connectivity index (χ0n) is 85.6. The molecule has 0 bridgehead atoms. The summed E-state index contributed by atoms with van der Waals surface area (Å²) in [5.41, 5.74) is 0.702. The van der Waals surface area contributed by atoms with Crippen LogP contribution in [-0.2, 0) is 67.1 Å². The molecule has 14 nitrogen and oxygen atoms in total. The van der Waals surface area contributed by atoms with Crippen molar-refractivity contribution in [2.24, 2.45) is 111 Å². The Labute approximate surface area is 752 Å². The maximum Gasteiger partial charge on any atom is 0.145 e. The van der Waals surface area contributed by atoms with E-state index in [4.69, 9.17) is 0 Å². The predicted molar refractivity (Wildman–Crippen MR) is 505 cm³/mol. The molecule has 0 heterocycles. The van der Waals surface area contributed by atoms with Gasteiger partial charge >= 0.3 is 0 Å². The standard InChI is InChI=1S/C22H38O2.C20H34O2.C18H30O2.C17H28O2.2C12H22O2.C8H14O2/c1-19(2,3)18(24)12-17(23)16-8-10-22(11-9-16)14-20(4,5)13-21(6,7)15-22;1-18(2,3)17(22)14-16(21)15-6-8-20(9-7-15)12-10-19(4,5)11-13-20;1-17(2,3)16(20)13-15(19)14-7-11-18(12-8-14)9-5-4-6-10-18;1-16(2,3)15(19)12-14(18)13-6-10-17(11-7-13)8-4-5-9-17;2*1-6-9(7-2)10(13)8-11(14)12(3,4)5;1-6(9)5-7(10)8(2,3)4/h16H,8-15H2,1-7H3;15H,6-14H2,1-5H3;14H,4-13H2,1-3H3;13H,4-12H2,1-3H3;2*9H,6-8H2,1-5H3;5H2,1-4H3. The summed E-state index contributed by atoms with van der Waals surface area (Å²) in [5.74, 6) is 2.18. The molecule has 8 fully saturated rings. The van der Waals surface area contributed by atoms with Crippen LogP contribution in [0.5, 0.6) is 0 Å². The van der Waals surface area contributed by atoms with Gasteiger partial charge in [-0.3, -0.25) is 67.1 Å². The second-order valence-corrected chi connectivity index (χ2v) is 50.4. The smallest absolute Gasteiger partial charge is 0.145 e. The lowest BCUT2D eigenvalue weighted by atomic mass is 9.51. The highest BCUT2D eigenvalue weighted by atomic mass is 16.2. The molecule has 0 amide bonds. The number of Topliss-reactive ketones (excluding diaryl/α,β-unsaturated/α-hetero) is 14. The first-order chi connectivity index (χ1) is 55.9. The Balaban J connectivity index is 0.000000494. The molecule has 14 heteroatoms. The van der Waals surface area contributed by atoms with E-state index in [-0.39, 0.29) is 194 Å². The van der Waals surface area contributed by atoms with Gasteiger partial charge in [-0.05, 0) is 244 Å². The van der Waals surface area contributed by atoms with Crippen LogP contribution in [0.4, 0.5) is 0 Å². The minimum atomic E-state index is -0.400. The number of carbonyl (C=O) groups is 14. The van der Waals surface area contributed by atoms with Crippen LogP contribution >= 0.6 is 0 Å².